The Morgan fingerprint density at radius 2 is 1.89 bits per heavy atom. The Balaban J connectivity index is 1.48. The van der Waals surface area contributed by atoms with E-state index in [-0.39, 0.29) is 11.7 Å². The van der Waals surface area contributed by atoms with Crippen molar-refractivity contribution in [3.63, 3.8) is 0 Å². The summed E-state index contributed by atoms with van der Waals surface area (Å²) < 4.78 is 9.31. The summed E-state index contributed by atoms with van der Waals surface area (Å²) in [6.45, 7) is 4.96. The van der Waals surface area contributed by atoms with Gasteiger partial charge in [-0.1, -0.05) is 30.3 Å². The number of amides is 1. The molecule has 0 saturated carbocycles. The average molecular weight is 375 g/mol. The first kappa shape index (κ1) is 17.8. The SMILES string of the molecule is Cc1nn(Cc2ccccc2)c(C)c1NC(=O)c1ccc(Cn2cccn2)o1. The molecule has 3 heterocycles. The van der Waals surface area contributed by atoms with Gasteiger partial charge in [-0.05, 0) is 37.6 Å². The van der Waals surface area contributed by atoms with Crippen LogP contribution in [0.2, 0.25) is 0 Å². The number of anilines is 1. The van der Waals surface area contributed by atoms with Gasteiger partial charge in [0, 0.05) is 12.4 Å². The van der Waals surface area contributed by atoms with E-state index in [1.54, 1.807) is 23.0 Å². The molecule has 0 unspecified atom stereocenters. The lowest BCUT2D eigenvalue weighted by Gasteiger charge is -2.06. The van der Waals surface area contributed by atoms with Crippen molar-refractivity contribution in [2.45, 2.75) is 26.9 Å². The van der Waals surface area contributed by atoms with Gasteiger partial charge in [0.25, 0.3) is 5.91 Å². The number of rotatable bonds is 6. The van der Waals surface area contributed by atoms with Crippen molar-refractivity contribution < 1.29 is 9.21 Å². The van der Waals surface area contributed by atoms with Crippen molar-refractivity contribution in [2.75, 3.05) is 5.32 Å². The zero-order valence-corrected chi connectivity index (χ0v) is 15.8. The van der Waals surface area contributed by atoms with E-state index < -0.39 is 0 Å². The zero-order valence-electron chi connectivity index (χ0n) is 15.8. The van der Waals surface area contributed by atoms with Crippen LogP contribution in [0, 0.1) is 13.8 Å². The smallest absolute Gasteiger partial charge is 0.291 e. The van der Waals surface area contributed by atoms with Gasteiger partial charge in [0.2, 0.25) is 0 Å². The molecule has 142 valence electrons. The van der Waals surface area contributed by atoms with Crippen LogP contribution in [0.3, 0.4) is 0 Å². The molecule has 1 N–H and O–H groups in total. The molecule has 0 aliphatic carbocycles. The predicted octanol–water partition coefficient (Wildman–Crippen LogP) is 3.64. The highest BCUT2D eigenvalue weighted by Crippen LogP contribution is 2.22. The second-order valence-corrected chi connectivity index (χ2v) is 6.61. The number of nitrogens with zero attached hydrogens (tertiary/aromatic N) is 4. The van der Waals surface area contributed by atoms with Crippen LogP contribution >= 0.6 is 0 Å². The summed E-state index contributed by atoms with van der Waals surface area (Å²) in [5, 5.41) is 11.6. The van der Waals surface area contributed by atoms with Gasteiger partial charge >= 0.3 is 0 Å². The van der Waals surface area contributed by atoms with Crippen molar-refractivity contribution >= 4 is 11.6 Å². The van der Waals surface area contributed by atoms with E-state index in [2.05, 4.69) is 27.6 Å². The summed E-state index contributed by atoms with van der Waals surface area (Å²) in [4.78, 5) is 12.6. The largest absolute Gasteiger partial charge is 0.454 e. The van der Waals surface area contributed by atoms with Gasteiger partial charge in [0.1, 0.15) is 5.76 Å². The van der Waals surface area contributed by atoms with Crippen LogP contribution in [0.4, 0.5) is 5.69 Å². The van der Waals surface area contributed by atoms with Crippen molar-refractivity contribution in [1.82, 2.24) is 19.6 Å². The summed E-state index contributed by atoms with van der Waals surface area (Å²) in [5.41, 5.74) is 3.54. The highest BCUT2D eigenvalue weighted by Gasteiger charge is 2.18. The van der Waals surface area contributed by atoms with Crippen molar-refractivity contribution in [3.05, 3.63) is 89.4 Å². The highest BCUT2D eigenvalue weighted by molar-refractivity contribution is 6.02. The summed E-state index contributed by atoms with van der Waals surface area (Å²) in [6.07, 6.45) is 3.55. The van der Waals surface area contributed by atoms with Gasteiger partial charge in [0.05, 0.1) is 30.2 Å². The monoisotopic (exact) mass is 375 g/mol. The number of aromatic nitrogens is 4. The molecule has 4 rings (SSSR count). The van der Waals surface area contributed by atoms with Crippen LogP contribution in [-0.4, -0.2) is 25.5 Å². The molecule has 4 aromatic rings. The molecule has 0 bridgehead atoms. The van der Waals surface area contributed by atoms with E-state index in [1.165, 1.54) is 0 Å². The lowest BCUT2D eigenvalue weighted by molar-refractivity contribution is 0.0994. The number of carbonyl (C=O) groups excluding carboxylic acids is 1. The predicted molar refractivity (Wildman–Crippen MR) is 105 cm³/mol. The zero-order chi connectivity index (χ0) is 19.5. The van der Waals surface area contributed by atoms with E-state index in [9.17, 15) is 4.79 Å². The molecular formula is C21H21N5O2. The number of carbonyl (C=O) groups is 1. The molecule has 0 aliphatic heterocycles. The summed E-state index contributed by atoms with van der Waals surface area (Å²) >= 11 is 0. The van der Waals surface area contributed by atoms with Crippen LogP contribution < -0.4 is 5.32 Å². The van der Waals surface area contributed by atoms with Crippen LogP contribution in [0.5, 0.6) is 0 Å². The highest BCUT2D eigenvalue weighted by atomic mass is 16.4. The summed E-state index contributed by atoms with van der Waals surface area (Å²) in [5.74, 6) is 0.635. The molecule has 0 radical (unpaired) electrons. The summed E-state index contributed by atoms with van der Waals surface area (Å²) in [7, 11) is 0. The fourth-order valence-corrected chi connectivity index (χ4v) is 3.10. The molecule has 3 aromatic heterocycles. The molecular weight excluding hydrogens is 354 g/mol. The fraction of sp³-hybridized carbons (Fsp3) is 0.190. The van der Waals surface area contributed by atoms with Crippen LogP contribution in [0.1, 0.15) is 33.3 Å². The first-order chi connectivity index (χ1) is 13.6. The lowest BCUT2D eigenvalue weighted by atomic mass is 10.2. The Labute approximate surface area is 162 Å². The minimum Gasteiger partial charge on any atom is -0.454 e. The third-order valence-corrected chi connectivity index (χ3v) is 4.56. The Bertz CT molecular complexity index is 1080. The second-order valence-electron chi connectivity index (χ2n) is 6.61. The maximum absolute atomic E-state index is 12.6. The normalized spacial score (nSPS) is 10.9. The van der Waals surface area contributed by atoms with Crippen LogP contribution in [0.15, 0.2) is 65.3 Å². The maximum Gasteiger partial charge on any atom is 0.291 e. The van der Waals surface area contributed by atoms with Crippen LogP contribution in [0.25, 0.3) is 0 Å². The maximum atomic E-state index is 12.6. The van der Waals surface area contributed by atoms with E-state index >= 15 is 0 Å². The molecule has 7 nitrogen and oxygen atoms in total. The molecule has 0 atom stereocenters. The Hall–Kier alpha value is -3.61. The summed E-state index contributed by atoms with van der Waals surface area (Å²) in [6, 6.07) is 15.4. The first-order valence-electron chi connectivity index (χ1n) is 9.05. The third-order valence-electron chi connectivity index (χ3n) is 4.56. The molecule has 28 heavy (non-hydrogen) atoms. The lowest BCUT2D eigenvalue weighted by Crippen LogP contribution is -2.12. The molecule has 0 saturated heterocycles. The van der Waals surface area contributed by atoms with Crippen molar-refractivity contribution in [1.29, 1.82) is 0 Å². The van der Waals surface area contributed by atoms with Crippen molar-refractivity contribution in [3.8, 4) is 0 Å². The van der Waals surface area contributed by atoms with Gasteiger partial charge in [0.15, 0.2) is 5.76 Å². The quantitative estimate of drug-likeness (QED) is 0.558. The van der Waals surface area contributed by atoms with Crippen molar-refractivity contribution in [2.24, 2.45) is 0 Å². The van der Waals surface area contributed by atoms with E-state index in [1.807, 2.05) is 49.0 Å². The number of aryl methyl sites for hydroxylation is 1. The van der Waals surface area contributed by atoms with E-state index in [0.717, 1.165) is 17.0 Å². The first-order valence-corrected chi connectivity index (χ1v) is 9.05. The van der Waals surface area contributed by atoms with Gasteiger partial charge in [-0.2, -0.15) is 10.2 Å². The second kappa shape index (κ2) is 7.56. The van der Waals surface area contributed by atoms with Crippen LogP contribution in [-0.2, 0) is 13.1 Å². The Kier molecular flexibility index (Phi) is 4.80. The van der Waals surface area contributed by atoms with E-state index in [4.69, 9.17) is 4.42 Å². The topological polar surface area (TPSA) is 77.9 Å². The van der Waals surface area contributed by atoms with Gasteiger partial charge in [-0.25, -0.2) is 0 Å². The third kappa shape index (κ3) is 3.73. The van der Waals surface area contributed by atoms with Gasteiger partial charge < -0.3 is 9.73 Å². The molecule has 0 aliphatic rings. The number of hydrogen-bond donors (Lipinski definition) is 1. The molecule has 7 heteroatoms. The minimum absolute atomic E-state index is 0.261. The average Bonchev–Trinajstić information content (AvgIpc) is 3.42. The number of nitrogens with one attached hydrogen (secondary N) is 1. The molecule has 0 spiro atoms. The number of furan rings is 1. The number of hydrogen-bond acceptors (Lipinski definition) is 4. The van der Waals surface area contributed by atoms with E-state index in [0.29, 0.717) is 24.5 Å². The van der Waals surface area contributed by atoms with Gasteiger partial charge in [-0.3, -0.25) is 14.2 Å². The molecule has 1 amide bonds. The molecule has 0 fully saturated rings. The Morgan fingerprint density at radius 1 is 1.07 bits per heavy atom. The Morgan fingerprint density at radius 3 is 2.64 bits per heavy atom. The van der Waals surface area contributed by atoms with Gasteiger partial charge in [-0.15, -0.1) is 0 Å². The number of benzene rings is 1. The standard InChI is InChI=1S/C21H21N5O2/c1-15-20(16(2)26(24-15)13-17-7-4-3-5-8-17)23-21(27)19-10-9-18(28-19)14-25-12-6-11-22-25/h3-12H,13-14H2,1-2H3,(H,23,27). The fourth-order valence-electron chi connectivity index (χ4n) is 3.10. The minimum atomic E-state index is -0.294. The molecule has 1 aromatic carbocycles.